The highest BCUT2D eigenvalue weighted by Crippen LogP contribution is 2.60. The largest absolute Gasteiger partial charge is 0.273 e. The maximum Gasteiger partial charge on any atom is 0.248 e. The van der Waals surface area contributed by atoms with Gasteiger partial charge in [-0.15, -0.1) is 0 Å². The molecule has 2 aromatic carbocycles. The molecule has 4 nitrogen and oxygen atoms in total. The molecule has 0 spiro atoms. The highest BCUT2D eigenvalue weighted by molar-refractivity contribution is 6.07. The summed E-state index contributed by atoms with van der Waals surface area (Å²) < 4.78 is 0. The van der Waals surface area contributed by atoms with Crippen molar-refractivity contribution in [3.8, 4) is 0 Å². The lowest BCUT2D eigenvalue weighted by atomic mass is 9.55. The third kappa shape index (κ3) is 1.19. The Balaban J connectivity index is 1.86. The van der Waals surface area contributed by atoms with Crippen molar-refractivity contribution in [2.24, 2.45) is 17.7 Å². The van der Waals surface area contributed by atoms with Crippen LogP contribution < -0.4 is 5.84 Å². The van der Waals surface area contributed by atoms with Crippen LogP contribution in [0.25, 0.3) is 0 Å². The molecule has 4 heteroatoms. The molecule has 0 aromatic heterocycles. The lowest BCUT2D eigenvalue weighted by Crippen LogP contribution is -2.41. The van der Waals surface area contributed by atoms with Gasteiger partial charge in [-0.3, -0.25) is 9.59 Å². The highest BCUT2D eigenvalue weighted by Gasteiger charge is 2.61. The van der Waals surface area contributed by atoms with Crippen molar-refractivity contribution in [3.63, 3.8) is 0 Å². The molecule has 1 heterocycles. The van der Waals surface area contributed by atoms with Crippen molar-refractivity contribution >= 4 is 11.8 Å². The first-order valence-corrected chi connectivity index (χ1v) is 7.50. The Hall–Kier alpha value is -2.46. The maximum absolute atomic E-state index is 12.5. The smallest absolute Gasteiger partial charge is 0.248 e. The number of carbonyl (C=O) groups excluding carboxylic acids is 2. The Morgan fingerprint density at radius 3 is 1.32 bits per heavy atom. The van der Waals surface area contributed by atoms with Crippen molar-refractivity contribution in [1.29, 1.82) is 0 Å². The fraction of sp³-hybridized carbons (Fsp3) is 0.222. The molecule has 108 valence electrons. The monoisotopic (exact) mass is 290 g/mol. The number of nitrogens with zero attached hydrogens (tertiary/aromatic N) is 1. The van der Waals surface area contributed by atoms with Crippen LogP contribution in [0.5, 0.6) is 0 Å². The third-order valence-corrected chi connectivity index (χ3v) is 5.48. The SMILES string of the molecule is NN1C(=O)C2C3c4ccccc4C(c4ccccc43)C2C1=O. The predicted octanol–water partition coefficient (Wildman–Crippen LogP) is 1.75. The van der Waals surface area contributed by atoms with E-state index < -0.39 is 0 Å². The van der Waals surface area contributed by atoms with Crippen LogP contribution in [0.4, 0.5) is 0 Å². The summed E-state index contributed by atoms with van der Waals surface area (Å²) in [6.07, 6.45) is 0. The van der Waals surface area contributed by atoms with E-state index >= 15 is 0 Å². The van der Waals surface area contributed by atoms with Gasteiger partial charge < -0.3 is 0 Å². The van der Waals surface area contributed by atoms with Gasteiger partial charge in [-0.05, 0) is 22.3 Å². The van der Waals surface area contributed by atoms with Crippen LogP contribution in [-0.2, 0) is 9.59 Å². The number of carbonyl (C=O) groups is 2. The number of hydrazine groups is 1. The molecule has 2 amide bonds. The molecular formula is C18H14N2O2. The molecule has 22 heavy (non-hydrogen) atoms. The van der Waals surface area contributed by atoms with Gasteiger partial charge in [-0.25, -0.2) is 10.9 Å². The van der Waals surface area contributed by atoms with Gasteiger partial charge in [0.1, 0.15) is 0 Å². The van der Waals surface area contributed by atoms with Gasteiger partial charge in [-0.2, -0.15) is 0 Å². The number of imide groups is 1. The van der Waals surface area contributed by atoms with Crippen LogP contribution in [0.2, 0.25) is 0 Å². The number of hydrogen-bond donors (Lipinski definition) is 1. The minimum absolute atomic E-state index is 0.0626. The minimum Gasteiger partial charge on any atom is -0.273 e. The van der Waals surface area contributed by atoms with E-state index in [0.717, 1.165) is 5.01 Å². The first kappa shape index (κ1) is 12.1. The summed E-state index contributed by atoms with van der Waals surface area (Å²) >= 11 is 0. The Morgan fingerprint density at radius 1 is 0.682 bits per heavy atom. The fourth-order valence-electron chi connectivity index (χ4n) is 4.70. The van der Waals surface area contributed by atoms with Gasteiger partial charge in [-0.1, -0.05) is 48.5 Å². The molecule has 1 saturated heterocycles. The molecule has 2 N–H and O–H groups in total. The van der Waals surface area contributed by atoms with Crippen LogP contribution in [0.3, 0.4) is 0 Å². The van der Waals surface area contributed by atoms with E-state index in [-0.39, 0.29) is 35.5 Å². The number of rotatable bonds is 0. The standard InChI is InChI=1S/C18H14N2O2/c19-20-17(21)15-13-9-5-1-2-6-10(9)14(16(15)18(20)22)12-8-4-3-7-11(12)13/h1-8,13-16H,19H2. The fourth-order valence-corrected chi connectivity index (χ4v) is 4.70. The Labute approximate surface area is 127 Å². The van der Waals surface area contributed by atoms with Gasteiger partial charge in [0.05, 0.1) is 11.8 Å². The Kier molecular flexibility index (Phi) is 2.12. The molecule has 2 atom stereocenters. The van der Waals surface area contributed by atoms with Crippen molar-refractivity contribution in [2.45, 2.75) is 11.8 Å². The first-order valence-electron chi connectivity index (χ1n) is 7.50. The molecule has 2 aromatic rings. The van der Waals surface area contributed by atoms with Crippen molar-refractivity contribution in [1.82, 2.24) is 5.01 Å². The Bertz CT molecular complexity index is 729. The van der Waals surface area contributed by atoms with E-state index in [9.17, 15) is 9.59 Å². The van der Waals surface area contributed by atoms with E-state index in [2.05, 4.69) is 24.3 Å². The van der Waals surface area contributed by atoms with Crippen LogP contribution in [0, 0.1) is 11.8 Å². The minimum atomic E-state index is -0.354. The van der Waals surface area contributed by atoms with Gasteiger partial charge in [0.25, 0.3) is 0 Å². The van der Waals surface area contributed by atoms with Gasteiger partial charge in [0, 0.05) is 11.8 Å². The molecule has 1 aliphatic heterocycles. The number of nitrogens with two attached hydrogens (primary N) is 1. The average molecular weight is 290 g/mol. The highest BCUT2D eigenvalue weighted by atomic mass is 16.2. The van der Waals surface area contributed by atoms with E-state index in [0.29, 0.717) is 0 Å². The second kappa shape index (κ2) is 3.84. The summed E-state index contributed by atoms with van der Waals surface area (Å²) in [5.74, 6) is 4.42. The van der Waals surface area contributed by atoms with Gasteiger partial charge in [0.15, 0.2) is 0 Å². The average Bonchev–Trinajstić information content (AvgIpc) is 2.80. The zero-order valence-corrected chi connectivity index (χ0v) is 11.8. The molecule has 2 bridgehead atoms. The summed E-state index contributed by atoms with van der Waals surface area (Å²) in [7, 11) is 0. The Morgan fingerprint density at radius 2 is 1.00 bits per heavy atom. The lowest BCUT2D eigenvalue weighted by molar-refractivity contribution is -0.140. The predicted molar refractivity (Wildman–Crippen MR) is 79.6 cm³/mol. The molecule has 6 rings (SSSR count). The number of benzene rings is 2. The van der Waals surface area contributed by atoms with E-state index in [1.165, 1.54) is 22.3 Å². The van der Waals surface area contributed by atoms with Crippen molar-refractivity contribution in [2.75, 3.05) is 0 Å². The van der Waals surface area contributed by atoms with E-state index in [1.54, 1.807) is 0 Å². The molecule has 4 aliphatic rings. The zero-order valence-electron chi connectivity index (χ0n) is 11.8. The molecule has 0 radical (unpaired) electrons. The number of amides is 2. The van der Waals surface area contributed by atoms with Gasteiger partial charge in [0.2, 0.25) is 11.8 Å². The quantitative estimate of drug-likeness (QED) is 0.457. The second-order valence-electron chi connectivity index (χ2n) is 6.31. The molecule has 2 unspecified atom stereocenters. The first-order chi connectivity index (χ1) is 10.7. The third-order valence-electron chi connectivity index (χ3n) is 5.48. The topological polar surface area (TPSA) is 63.4 Å². The molecule has 1 fully saturated rings. The van der Waals surface area contributed by atoms with Gasteiger partial charge >= 0.3 is 0 Å². The molecular weight excluding hydrogens is 276 g/mol. The van der Waals surface area contributed by atoms with E-state index in [4.69, 9.17) is 5.84 Å². The van der Waals surface area contributed by atoms with Crippen molar-refractivity contribution in [3.05, 3.63) is 70.8 Å². The summed E-state index contributed by atoms with van der Waals surface area (Å²) in [4.78, 5) is 25.1. The number of hydrogen-bond acceptors (Lipinski definition) is 3. The summed E-state index contributed by atoms with van der Waals surface area (Å²) in [6, 6.07) is 16.3. The second-order valence-corrected chi connectivity index (χ2v) is 6.31. The van der Waals surface area contributed by atoms with Crippen LogP contribution >= 0.6 is 0 Å². The zero-order chi connectivity index (χ0) is 15.0. The van der Waals surface area contributed by atoms with Crippen LogP contribution in [0.15, 0.2) is 48.5 Å². The summed E-state index contributed by atoms with van der Waals surface area (Å²) in [5, 5.41) is 0.840. The summed E-state index contributed by atoms with van der Waals surface area (Å²) in [5.41, 5.74) is 4.68. The molecule has 3 aliphatic carbocycles. The maximum atomic E-state index is 12.5. The molecule has 0 saturated carbocycles. The van der Waals surface area contributed by atoms with E-state index in [1.807, 2.05) is 24.3 Å². The summed E-state index contributed by atoms with van der Waals surface area (Å²) in [6.45, 7) is 0. The lowest BCUT2D eigenvalue weighted by Gasteiger charge is -2.45. The normalized spacial score (nSPS) is 31.0. The van der Waals surface area contributed by atoms with Crippen LogP contribution in [0.1, 0.15) is 34.1 Å². The van der Waals surface area contributed by atoms with Crippen molar-refractivity contribution < 1.29 is 9.59 Å². The van der Waals surface area contributed by atoms with Crippen LogP contribution in [-0.4, -0.2) is 16.8 Å².